The summed E-state index contributed by atoms with van der Waals surface area (Å²) in [6.45, 7) is 0.359. The third-order valence-electron chi connectivity index (χ3n) is 1.78. The fourth-order valence-corrected chi connectivity index (χ4v) is 1.75. The highest BCUT2D eigenvalue weighted by Gasteiger charge is 2.09. The number of anilines is 1. The van der Waals surface area contributed by atoms with Gasteiger partial charge in [-0.2, -0.15) is 0 Å². The first-order valence-corrected chi connectivity index (χ1v) is 5.39. The first kappa shape index (κ1) is 10.7. The lowest BCUT2D eigenvalue weighted by Crippen LogP contribution is -2.13. The van der Waals surface area contributed by atoms with Gasteiger partial charge in [0.25, 0.3) is 5.91 Å². The maximum Gasteiger partial charge on any atom is 0.277 e. The zero-order valence-electron chi connectivity index (χ0n) is 8.25. The van der Waals surface area contributed by atoms with E-state index >= 15 is 0 Å². The van der Waals surface area contributed by atoms with E-state index in [1.807, 2.05) is 0 Å². The molecule has 0 aromatic carbocycles. The van der Waals surface area contributed by atoms with E-state index < -0.39 is 0 Å². The number of amides is 1. The molecule has 0 atom stereocenters. The van der Waals surface area contributed by atoms with Gasteiger partial charge < -0.3 is 5.73 Å². The number of thiazole rings is 1. The van der Waals surface area contributed by atoms with E-state index in [1.54, 1.807) is 5.38 Å². The summed E-state index contributed by atoms with van der Waals surface area (Å²) in [6, 6.07) is 0. The Hall–Kier alpha value is -1.86. The average molecular weight is 235 g/mol. The molecule has 2 rings (SSSR count). The summed E-state index contributed by atoms with van der Waals surface area (Å²) in [5.74, 6) is -0.328. The van der Waals surface area contributed by atoms with Gasteiger partial charge in [-0.15, -0.1) is 11.3 Å². The highest BCUT2D eigenvalue weighted by molar-refractivity contribution is 7.13. The van der Waals surface area contributed by atoms with Crippen molar-refractivity contribution in [3.05, 3.63) is 35.4 Å². The summed E-state index contributed by atoms with van der Waals surface area (Å²) in [5, 5.41) is 4.93. The van der Waals surface area contributed by atoms with E-state index in [-0.39, 0.29) is 11.6 Å². The Morgan fingerprint density at radius 3 is 3.00 bits per heavy atom. The van der Waals surface area contributed by atoms with E-state index in [0.717, 1.165) is 5.69 Å². The van der Waals surface area contributed by atoms with Gasteiger partial charge in [0.2, 0.25) is 0 Å². The Kier molecular flexibility index (Phi) is 3.18. The Labute approximate surface area is 95.6 Å². The molecule has 3 N–H and O–H groups in total. The molecule has 0 saturated heterocycles. The quantitative estimate of drug-likeness (QED) is 0.814. The molecule has 0 spiro atoms. The summed E-state index contributed by atoms with van der Waals surface area (Å²) < 4.78 is 0. The third-order valence-corrected chi connectivity index (χ3v) is 2.58. The first-order chi connectivity index (χ1) is 7.79. The minimum Gasteiger partial charge on any atom is -0.325 e. The predicted octanol–water partition coefficient (Wildman–Crippen LogP) is 0.644. The average Bonchev–Trinajstić information content (AvgIpc) is 2.78. The molecule has 6 nitrogen and oxygen atoms in total. The lowest BCUT2D eigenvalue weighted by atomic mass is 10.4. The number of aromatic nitrogens is 3. The van der Waals surface area contributed by atoms with Crippen molar-refractivity contribution in [2.75, 3.05) is 5.32 Å². The summed E-state index contributed by atoms with van der Waals surface area (Å²) in [4.78, 5) is 23.4. The molecule has 2 aromatic heterocycles. The molecule has 0 aliphatic rings. The number of carbonyl (C=O) groups excluding carboxylic acids is 1. The van der Waals surface area contributed by atoms with Gasteiger partial charge in [-0.1, -0.05) is 0 Å². The molecule has 0 saturated carbocycles. The second-order valence-electron chi connectivity index (χ2n) is 2.89. The fraction of sp³-hybridized carbons (Fsp3) is 0.111. The fourth-order valence-electron chi connectivity index (χ4n) is 1.04. The molecule has 0 radical (unpaired) electrons. The number of rotatable bonds is 3. The molecule has 0 bridgehead atoms. The van der Waals surface area contributed by atoms with Crippen molar-refractivity contribution < 1.29 is 4.79 Å². The Morgan fingerprint density at radius 2 is 2.38 bits per heavy atom. The Bertz CT molecular complexity index is 484. The molecule has 2 aromatic rings. The van der Waals surface area contributed by atoms with Crippen molar-refractivity contribution in [2.45, 2.75) is 6.54 Å². The van der Waals surface area contributed by atoms with Crippen LogP contribution in [-0.2, 0) is 6.54 Å². The Balaban J connectivity index is 2.08. The van der Waals surface area contributed by atoms with Gasteiger partial charge in [0.1, 0.15) is 5.69 Å². The van der Waals surface area contributed by atoms with E-state index in [9.17, 15) is 4.79 Å². The third kappa shape index (κ3) is 2.38. The number of carbonyl (C=O) groups is 1. The molecular formula is C9H9N5OS. The van der Waals surface area contributed by atoms with Crippen LogP contribution in [0.3, 0.4) is 0 Å². The first-order valence-electron chi connectivity index (χ1n) is 4.51. The van der Waals surface area contributed by atoms with Crippen LogP contribution in [0.5, 0.6) is 0 Å². The van der Waals surface area contributed by atoms with E-state index in [4.69, 9.17) is 5.73 Å². The van der Waals surface area contributed by atoms with E-state index in [2.05, 4.69) is 20.3 Å². The van der Waals surface area contributed by atoms with Gasteiger partial charge >= 0.3 is 0 Å². The monoisotopic (exact) mass is 235 g/mol. The van der Waals surface area contributed by atoms with Crippen LogP contribution in [0.15, 0.2) is 24.0 Å². The van der Waals surface area contributed by atoms with Crippen molar-refractivity contribution in [3.8, 4) is 0 Å². The largest absolute Gasteiger partial charge is 0.325 e. The second-order valence-corrected chi connectivity index (χ2v) is 3.75. The van der Waals surface area contributed by atoms with Crippen LogP contribution in [0, 0.1) is 0 Å². The molecule has 16 heavy (non-hydrogen) atoms. The standard InChI is InChI=1S/C9H9N5OS/c10-3-6-5-16-9(13-6)14-8(15)7-4-11-1-2-12-7/h1-2,4-5H,3,10H2,(H,13,14,15). The van der Waals surface area contributed by atoms with Crippen LogP contribution in [0.25, 0.3) is 0 Å². The molecule has 0 aliphatic carbocycles. The molecular weight excluding hydrogens is 226 g/mol. The van der Waals surface area contributed by atoms with E-state index in [0.29, 0.717) is 11.7 Å². The summed E-state index contributed by atoms with van der Waals surface area (Å²) in [5.41, 5.74) is 6.42. The van der Waals surface area contributed by atoms with Crippen LogP contribution < -0.4 is 11.1 Å². The highest BCUT2D eigenvalue weighted by Crippen LogP contribution is 2.15. The number of hydrogen-bond acceptors (Lipinski definition) is 6. The lowest BCUT2D eigenvalue weighted by molar-refractivity contribution is 0.102. The van der Waals surface area contributed by atoms with Gasteiger partial charge in [-0.25, -0.2) is 9.97 Å². The number of nitrogens with two attached hydrogens (primary N) is 1. The molecule has 0 fully saturated rings. The lowest BCUT2D eigenvalue weighted by Gasteiger charge is -1.99. The molecule has 0 unspecified atom stereocenters. The van der Waals surface area contributed by atoms with Crippen molar-refractivity contribution in [3.63, 3.8) is 0 Å². The molecule has 7 heteroatoms. The second kappa shape index (κ2) is 4.77. The van der Waals surface area contributed by atoms with Gasteiger partial charge in [0.05, 0.1) is 11.9 Å². The van der Waals surface area contributed by atoms with Gasteiger partial charge in [0, 0.05) is 24.3 Å². The van der Waals surface area contributed by atoms with Gasteiger partial charge in [0.15, 0.2) is 5.13 Å². The topological polar surface area (TPSA) is 93.8 Å². The predicted molar refractivity (Wildman–Crippen MR) is 60.0 cm³/mol. The van der Waals surface area contributed by atoms with Crippen LogP contribution in [0.1, 0.15) is 16.2 Å². The van der Waals surface area contributed by atoms with Crippen LogP contribution in [0.4, 0.5) is 5.13 Å². The normalized spacial score (nSPS) is 10.1. The molecule has 82 valence electrons. The SMILES string of the molecule is NCc1csc(NC(=O)c2cnccn2)n1. The minimum absolute atomic E-state index is 0.256. The summed E-state index contributed by atoms with van der Waals surface area (Å²) in [6.07, 6.45) is 4.36. The molecule has 2 heterocycles. The Morgan fingerprint density at radius 1 is 1.50 bits per heavy atom. The van der Waals surface area contributed by atoms with Crippen LogP contribution >= 0.6 is 11.3 Å². The zero-order chi connectivity index (χ0) is 11.4. The number of hydrogen-bond donors (Lipinski definition) is 2. The maximum absolute atomic E-state index is 11.6. The number of nitrogens with zero attached hydrogens (tertiary/aromatic N) is 3. The summed E-state index contributed by atoms with van der Waals surface area (Å²) >= 11 is 1.33. The van der Waals surface area contributed by atoms with Crippen molar-refractivity contribution in [1.82, 2.24) is 15.0 Å². The minimum atomic E-state index is -0.328. The smallest absolute Gasteiger partial charge is 0.277 e. The summed E-state index contributed by atoms with van der Waals surface area (Å²) in [7, 11) is 0. The molecule has 0 aliphatic heterocycles. The van der Waals surface area contributed by atoms with Crippen LogP contribution in [0.2, 0.25) is 0 Å². The zero-order valence-corrected chi connectivity index (χ0v) is 9.07. The van der Waals surface area contributed by atoms with Crippen molar-refractivity contribution in [1.29, 1.82) is 0 Å². The maximum atomic E-state index is 11.6. The van der Waals surface area contributed by atoms with Gasteiger partial charge in [-0.3, -0.25) is 15.1 Å². The van der Waals surface area contributed by atoms with Crippen molar-refractivity contribution >= 4 is 22.4 Å². The number of nitrogens with one attached hydrogen (secondary N) is 1. The van der Waals surface area contributed by atoms with Crippen LogP contribution in [-0.4, -0.2) is 20.9 Å². The van der Waals surface area contributed by atoms with E-state index in [1.165, 1.54) is 29.9 Å². The molecule has 1 amide bonds. The highest BCUT2D eigenvalue weighted by atomic mass is 32.1. The van der Waals surface area contributed by atoms with Gasteiger partial charge in [-0.05, 0) is 0 Å². The van der Waals surface area contributed by atoms with Crippen molar-refractivity contribution in [2.24, 2.45) is 5.73 Å².